The number of ether oxygens (including phenoxy) is 1. The number of benzene rings is 1. The summed E-state index contributed by atoms with van der Waals surface area (Å²) in [6, 6.07) is 9.61. The number of hydrogen-bond acceptors (Lipinski definition) is 5. The first-order valence-electron chi connectivity index (χ1n) is 7.57. The maximum absolute atomic E-state index is 12.9. The van der Waals surface area contributed by atoms with Crippen molar-refractivity contribution in [2.24, 2.45) is 0 Å². The highest BCUT2D eigenvalue weighted by molar-refractivity contribution is 7.14. The minimum absolute atomic E-state index is 0.224. The fourth-order valence-electron chi connectivity index (χ4n) is 2.33. The van der Waals surface area contributed by atoms with Crippen LogP contribution in [0, 0.1) is 6.92 Å². The van der Waals surface area contributed by atoms with Gasteiger partial charge in [-0.25, -0.2) is 9.67 Å². The summed E-state index contributed by atoms with van der Waals surface area (Å²) in [5, 5.41) is 7.01. The molecule has 0 fully saturated rings. The van der Waals surface area contributed by atoms with Crippen molar-refractivity contribution in [1.82, 2.24) is 14.8 Å². The Morgan fingerprint density at radius 3 is 2.67 bits per heavy atom. The van der Waals surface area contributed by atoms with Crippen molar-refractivity contribution in [3.8, 4) is 11.4 Å². The van der Waals surface area contributed by atoms with Crippen LogP contribution in [0.5, 0.6) is 5.75 Å². The van der Waals surface area contributed by atoms with Gasteiger partial charge in [0.25, 0.3) is 5.91 Å². The van der Waals surface area contributed by atoms with Crippen molar-refractivity contribution in [2.45, 2.75) is 13.8 Å². The van der Waals surface area contributed by atoms with Crippen molar-refractivity contribution < 1.29 is 9.53 Å². The number of rotatable bonds is 5. The van der Waals surface area contributed by atoms with Crippen molar-refractivity contribution in [3.05, 3.63) is 53.3 Å². The normalized spacial score (nSPS) is 10.6. The summed E-state index contributed by atoms with van der Waals surface area (Å²) in [7, 11) is 1.53. The summed E-state index contributed by atoms with van der Waals surface area (Å²) in [6.07, 6.45) is 1.71. The fourth-order valence-corrected chi connectivity index (χ4v) is 3.19. The molecule has 0 saturated heterocycles. The van der Waals surface area contributed by atoms with Crippen LogP contribution >= 0.6 is 11.3 Å². The molecule has 2 aromatic heterocycles. The lowest BCUT2D eigenvalue weighted by Crippen LogP contribution is -2.31. The van der Waals surface area contributed by atoms with Crippen LogP contribution < -0.4 is 9.64 Å². The number of para-hydroxylation sites is 1. The summed E-state index contributed by atoms with van der Waals surface area (Å²) < 4.78 is 7.00. The van der Waals surface area contributed by atoms with E-state index in [1.165, 1.54) is 18.4 Å². The highest BCUT2D eigenvalue weighted by Crippen LogP contribution is 2.26. The second kappa shape index (κ2) is 6.84. The minimum atomic E-state index is -0.224. The fraction of sp³-hybridized carbons (Fsp3) is 0.235. The molecule has 0 bridgehead atoms. The average Bonchev–Trinajstić information content (AvgIpc) is 3.22. The van der Waals surface area contributed by atoms with Gasteiger partial charge in [-0.05, 0) is 26.0 Å². The summed E-state index contributed by atoms with van der Waals surface area (Å²) in [5.41, 5.74) is 2.03. The number of thiazole rings is 1. The minimum Gasteiger partial charge on any atom is -0.493 e. The molecular weight excluding hydrogens is 324 g/mol. The molecule has 0 radical (unpaired) electrons. The number of hydrogen-bond donors (Lipinski definition) is 0. The quantitative estimate of drug-likeness (QED) is 0.714. The van der Waals surface area contributed by atoms with Crippen LogP contribution in [-0.4, -0.2) is 34.3 Å². The van der Waals surface area contributed by atoms with Crippen LogP contribution in [-0.2, 0) is 0 Å². The smallest absolute Gasteiger partial charge is 0.284 e. The third-order valence-corrected chi connectivity index (χ3v) is 4.50. The molecule has 0 unspecified atom stereocenters. The predicted octanol–water partition coefficient (Wildman–Crippen LogP) is 3.31. The van der Waals surface area contributed by atoms with Gasteiger partial charge in [-0.3, -0.25) is 9.69 Å². The molecule has 0 saturated carbocycles. The molecule has 1 amide bonds. The predicted molar refractivity (Wildman–Crippen MR) is 94.3 cm³/mol. The monoisotopic (exact) mass is 342 g/mol. The van der Waals surface area contributed by atoms with Gasteiger partial charge in [-0.2, -0.15) is 5.10 Å². The SMILES string of the molecule is CCN(C(=O)c1nn(-c2ccccc2)cc1OC)c1nc(C)cs1. The van der Waals surface area contributed by atoms with Gasteiger partial charge in [0.2, 0.25) is 0 Å². The summed E-state index contributed by atoms with van der Waals surface area (Å²) in [5.74, 6) is 0.217. The lowest BCUT2D eigenvalue weighted by atomic mass is 10.3. The first kappa shape index (κ1) is 16.2. The number of carbonyl (C=O) groups is 1. The Labute approximate surface area is 144 Å². The third-order valence-electron chi connectivity index (χ3n) is 3.52. The van der Waals surface area contributed by atoms with E-state index in [9.17, 15) is 4.79 Å². The Morgan fingerprint density at radius 1 is 1.33 bits per heavy atom. The molecule has 1 aromatic carbocycles. The molecule has 3 rings (SSSR count). The van der Waals surface area contributed by atoms with Crippen molar-refractivity contribution in [2.75, 3.05) is 18.6 Å². The number of aromatic nitrogens is 3. The van der Waals surface area contributed by atoms with E-state index in [1.54, 1.807) is 15.8 Å². The molecule has 3 aromatic rings. The summed E-state index contributed by atoms with van der Waals surface area (Å²) in [6.45, 7) is 4.32. The second-order valence-electron chi connectivity index (χ2n) is 5.15. The molecule has 0 spiro atoms. The van der Waals surface area contributed by atoms with Crippen LogP contribution in [0.25, 0.3) is 5.69 Å². The molecule has 0 atom stereocenters. The van der Waals surface area contributed by atoms with Crippen LogP contribution in [0.3, 0.4) is 0 Å². The molecule has 7 heteroatoms. The van der Waals surface area contributed by atoms with Gasteiger partial charge in [-0.1, -0.05) is 18.2 Å². The lowest BCUT2D eigenvalue weighted by Gasteiger charge is -2.16. The molecule has 124 valence electrons. The Hall–Kier alpha value is -2.67. The Kier molecular flexibility index (Phi) is 4.61. The largest absolute Gasteiger partial charge is 0.493 e. The number of nitrogens with zero attached hydrogens (tertiary/aromatic N) is 4. The average molecular weight is 342 g/mol. The van der Waals surface area contributed by atoms with Gasteiger partial charge in [-0.15, -0.1) is 11.3 Å². The third kappa shape index (κ3) is 3.03. The van der Waals surface area contributed by atoms with Crippen molar-refractivity contribution in [3.63, 3.8) is 0 Å². The number of methoxy groups -OCH3 is 1. The maximum atomic E-state index is 12.9. The van der Waals surface area contributed by atoms with Crippen LogP contribution in [0.4, 0.5) is 5.13 Å². The summed E-state index contributed by atoms with van der Waals surface area (Å²) >= 11 is 1.44. The van der Waals surface area contributed by atoms with Crippen LogP contribution in [0.1, 0.15) is 23.1 Å². The van der Waals surface area contributed by atoms with E-state index in [2.05, 4.69) is 10.1 Å². The highest BCUT2D eigenvalue weighted by Gasteiger charge is 2.25. The van der Waals surface area contributed by atoms with E-state index < -0.39 is 0 Å². The lowest BCUT2D eigenvalue weighted by molar-refractivity contribution is 0.0980. The molecule has 0 aliphatic rings. The van der Waals surface area contributed by atoms with Gasteiger partial charge < -0.3 is 4.74 Å². The molecule has 6 nitrogen and oxygen atoms in total. The first-order valence-corrected chi connectivity index (χ1v) is 8.45. The van der Waals surface area contributed by atoms with E-state index in [0.717, 1.165) is 11.4 Å². The van der Waals surface area contributed by atoms with E-state index in [0.29, 0.717) is 17.4 Å². The number of amides is 1. The standard InChI is InChI=1S/C17H18N4O2S/c1-4-20(17-18-12(2)11-24-17)16(22)15-14(23-3)10-21(19-15)13-8-6-5-7-9-13/h5-11H,4H2,1-3H3. The maximum Gasteiger partial charge on any atom is 0.284 e. The molecule has 0 N–H and O–H groups in total. The summed E-state index contributed by atoms with van der Waals surface area (Å²) in [4.78, 5) is 19.0. The zero-order valence-corrected chi connectivity index (χ0v) is 14.6. The zero-order chi connectivity index (χ0) is 17.1. The van der Waals surface area contributed by atoms with E-state index in [1.807, 2.05) is 49.6 Å². The van der Waals surface area contributed by atoms with Crippen molar-refractivity contribution in [1.29, 1.82) is 0 Å². The number of aryl methyl sites for hydroxylation is 1. The van der Waals surface area contributed by atoms with Crippen LogP contribution in [0.2, 0.25) is 0 Å². The van der Waals surface area contributed by atoms with Gasteiger partial charge >= 0.3 is 0 Å². The highest BCUT2D eigenvalue weighted by atomic mass is 32.1. The van der Waals surface area contributed by atoms with E-state index >= 15 is 0 Å². The Morgan fingerprint density at radius 2 is 2.08 bits per heavy atom. The van der Waals surface area contributed by atoms with Gasteiger partial charge in [0, 0.05) is 11.9 Å². The van der Waals surface area contributed by atoms with Crippen LogP contribution in [0.15, 0.2) is 41.9 Å². The topological polar surface area (TPSA) is 60.2 Å². The number of anilines is 1. The first-order chi connectivity index (χ1) is 11.6. The van der Waals surface area contributed by atoms with Gasteiger partial charge in [0.05, 0.1) is 24.7 Å². The molecular formula is C17H18N4O2S. The molecule has 24 heavy (non-hydrogen) atoms. The Balaban J connectivity index is 1.98. The molecule has 0 aliphatic heterocycles. The molecule has 0 aliphatic carbocycles. The van der Waals surface area contributed by atoms with Gasteiger partial charge in [0.1, 0.15) is 0 Å². The number of carbonyl (C=O) groups excluding carboxylic acids is 1. The Bertz CT molecular complexity index is 841. The second-order valence-corrected chi connectivity index (χ2v) is 5.98. The van der Waals surface area contributed by atoms with Gasteiger partial charge in [0.15, 0.2) is 16.6 Å². The van der Waals surface area contributed by atoms with Crippen molar-refractivity contribution >= 4 is 22.4 Å². The van der Waals surface area contributed by atoms with E-state index in [-0.39, 0.29) is 11.6 Å². The molecule has 2 heterocycles. The zero-order valence-electron chi connectivity index (χ0n) is 13.8. The van der Waals surface area contributed by atoms with E-state index in [4.69, 9.17) is 4.74 Å².